The number of carbonyl (C=O) groups is 1. The third kappa shape index (κ3) is 3.95. The van der Waals surface area contributed by atoms with Crippen molar-refractivity contribution in [2.45, 2.75) is 42.6 Å². The van der Waals surface area contributed by atoms with Gasteiger partial charge in [0.2, 0.25) is 10.0 Å². The molecule has 150 valence electrons. The predicted molar refractivity (Wildman–Crippen MR) is 104 cm³/mol. The Morgan fingerprint density at radius 1 is 1.11 bits per heavy atom. The maximum absolute atomic E-state index is 13.3. The molecule has 5 nitrogen and oxygen atoms in total. The van der Waals surface area contributed by atoms with Gasteiger partial charge in [-0.15, -0.1) is 0 Å². The fourth-order valence-corrected chi connectivity index (χ4v) is 4.62. The lowest BCUT2D eigenvalue weighted by Crippen LogP contribution is -2.34. The lowest BCUT2D eigenvalue weighted by Gasteiger charge is -2.27. The van der Waals surface area contributed by atoms with Crippen molar-refractivity contribution >= 4 is 16.0 Å². The van der Waals surface area contributed by atoms with Gasteiger partial charge in [-0.25, -0.2) is 17.1 Å². The zero-order chi connectivity index (χ0) is 20.4. The van der Waals surface area contributed by atoms with Crippen molar-refractivity contribution in [1.29, 1.82) is 0 Å². The van der Waals surface area contributed by atoms with Crippen LogP contribution in [-0.2, 0) is 31.6 Å². The van der Waals surface area contributed by atoms with Crippen LogP contribution in [0.25, 0.3) is 0 Å². The third-order valence-corrected chi connectivity index (χ3v) is 7.10. The van der Waals surface area contributed by atoms with Crippen LogP contribution in [0.5, 0.6) is 0 Å². The van der Waals surface area contributed by atoms with Crippen molar-refractivity contribution in [3.05, 3.63) is 65.5 Å². The van der Waals surface area contributed by atoms with Gasteiger partial charge in [0.05, 0.1) is 10.3 Å². The Hall–Kier alpha value is -2.25. The second-order valence-corrected chi connectivity index (χ2v) is 9.46. The maximum Gasteiger partial charge on any atom is 0.316 e. The molecule has 28 heavy (non-hydrogen) atoms. The van der Waals surface area contributed by atoms with E-state index in [0.29, 0.717) is 18.4 Å². The molecule has 0 N–H and O–H groups in total. The molecule has 0 saturated heterocycles. The van der Waals surface area contributed by atoms with E-state index in [4.69, 9.17) is 4.74 Å². The van der Waals surface area contributed by atoms with Crippen molar-refractivity contribution in [3.63, 3.8) is 0 Å². The van der Waals surface area contributed by atoms with Crippen molar-refractivity contribution in [1.82, 2.24) is 4.31 Å². The standard InChI is InChI=1S/C21H24FNO4S/c1-23(2)28(25,26)19-7-5-6-16(14-19)15-27-20(24)21(12-3-4-13-21)17-8-10-18(22)11-9-17/h5-11,14H,3-4,12-13,15H2,1-2H3. The van der Waals surface area contributed by atoms with Crippen molar-refractivity contribution in [2.24, 2.45) is 0 Å². The summed E-state index contributed by atoms with van der Waals surface area (Å²) >= 11 is 0. The minimum atomic E-state index is -3.56. The summed E-state index contributed by atoms with van der Waals surface area (Å²) in [4.78, 5) is 13.1. The minimum Gasteiger partial charge on any atom is -0.460 e. The molecule has 7 heteroatoms. The Kier molecular flexibility index (Phi) is 5.86. The largest absolute Gasteiger partial charge is 0.460 e. The van der Waals surface area contributed by atoms with Gasteiger partial charge in [0.1, 0.15) is 12.4 Å². The number of esters is 1. The quantitative estimate of drug-likeness (QED) is 0.689. The van der Waals surface area contributed by atoms with Crippen molar-refractivity contribution in [3.8, 4) is 0 Å². The van der Waals surface area contributed by atoms with Gasteiger partial charge in [0, 0.05) is 14.1 Å². The molecule has 0 aromatic heterocycles. The molecular weight excluding hydrogens is 381 g/mol. The number of rotatable bonds is 6. The highest BCUT2D eigenvalue weighted by Crippen LogP contribution is 2.42. The van der Waals surface area contributed by atoms with Crippen LogP contribution >= 0.6 is 0 Å². The van der Waals surface area contributed by atoms with Gasteiger partial charge in [0.25, 0.3) is 0 Å². The van der Waals surface area contributed by atoms with E-state index in [2.05, 4.69) is 0 Å². The Labute approximate surface area is 165 Å². The SMILES string of the molecule is CN(C)S(=O)(=O)c1cccc(COC(=O)C2(c3ccc(F)cc3)CCCC2)c1. The molecule has 0 bridgehead atoms. The molecule has 1 aliphatic rings. The molecule has 0 atom stereocenters. The Balaban J connectivity index is 1.78. The number of nitrogens with zero attached hydrogens (tertiary/aromatic N) is 1. The molecule has 1 fully saturated rings. The highest BCUT2D eigenvalue weighted by atomic mass is 32.2. The summed E-state index contributed by atoms with van der Waals surface area (Å²) < 4.78 is 44.6. The highest BCUT2D eigenvalue weighted by Gasteiger charge is 2.44. The summed E-state index contributed by atoms with van der Waals surface area (Å²) in [5, 5.41) is 0. The Morgan fingerprint density at radius 3 is 2.36 bits per heavy atom. The zero-order valence-electron chi connectivity index (χ0n) is 16.0. The summed E-state index contributed by atoms with van der Waals surface area (Å²) in [5.41, 5.74) is 0.602. The Morgan fingerprint density at radius 2 is 1.75 bits per heavy atom. The first-order chi connectivity index (χ1) is 13.3. The second-order valence-electron chi connectivity index (χ2n) is 7.31. The van der Waals surface area contributed by atoms with Crippen LogP contribution < -0.4 is 0 Å². The van der Waals surface area contributed by atoms with Gasteiger partial charge in [-0.05, 0) is 48.2 Å². The van der Waals surface area contributed by atoms with Crippen LogP contribution in [-0.4, -0.2) is 32.8 Å². The highest BCUT2D eigenvalue weighted by molar-refractivity contribution is 7.89. The normalized spacial score (nSPS) is 16.3. The zero-order valence-corrected chi connectivity index (χ0v) is 16.8. The Bertz CT molecular complexity index is 949. The summed E-state index contributed by atoms with van der Waals surface area (Å²) in [7, 11) is -0.622. The van der Waals surface area contributed by atoms with E-state index in [1.807, 2.05) is 0 Å². The van der Waals surface area contributed by atoms with E-state index in [1.54, 1.807) is 24.3 Å². The number of hydrogen-bond donors (Lipinski definition) is 0. The molecule has 0 radical (unpaired) electrons. The topological polar surface area (TPSA) is 63.7 Å². The van der Waals surface area contributed by atoms with Gasteiger partial charge in [0.15, 0.2) is 0 Å². The van der Waals surface area contributed by atoms with E-state index in [-0.39, 0.29) is 23.3 Å². The number of sulfonamides is 1. The molecule has 2 aromatic rings. The maximum atomic E-state index is 13.3. The molecule has 0 aliphatic heterocycles. The molecule has 0 unspecified atom stereocenters. The van der Waals surface area contributed by atoms with Crippen LogP contribution in [0, 0.1) is 5.82 Å². The first kappa shape index (κ1) is 20.5. The van der Waals surface area contributed by atoms with E-state index in [0.717, 1.165) is 22.7 Å². The lowest BCUT2D eigenvalue weighted by atomic mass is 9.79. The van der Waals surface area contributed by atoms with Crippen molar-refractivity contribution < 1.29 is 22.3 Å². The number of ether oxygens (including phenoxy) is 1. The number of carbonyl (C=O) groups excluding carboxylic acids is 1. The molecule has 1 saturated carbocycles. The molecule has 0 spiro atoms. The molecule has 1 aliphatic carbocycles. The first-order valence-corrected chi connectivity index (χ1v) is 10.6. The number of benzene rings is 2. The first-order valence-electron chi connectivity index (χ1n) is 9.20. The summed E-state index contributed by atoms with van der Waals surface area (Å²) in [6.45, 7) is -0.0153. The average Bonchev–Trinajstić information content (AvgIpc) is 3.18. The van der Waals surface area contributed by atoms with Crippen molar-refractivity contribution in [2.75, 3.05) is 14.1 Å². The van der Waals surface area contributed by atoms with Crippen LogP contribution in [0.1, 0.15) is 36.8 Å². The van der Waals surface area contributed by atoms with E-state index in [9.17, 15) is 17.6 Å². The van der Waals surface area contributed by atoms with Gasteiger partial charge >= 0.3 is 5.97 Å². The van der Waals surface area contributed by atoms with Gasteiger partial charge in [-0.2, -0.15) is 0 Å². The van der Waals surface area contributed by atoms with E-state index in [1.165, 1.54) is 38.4 Å². The average molecular weight is 405 g/mol. The lowest BCUT2D eigenvalue weighted by molar-refractivity contribution is -0.152. The van der Waals surface area contributed by atoms with E-state index >= 15 is 0 Å². The predicted octanol–water partition coefficient (Wildman–Crippen LogP) is 3.63. The van der Waals surface area contributed by atoms with Gasteiger partial charge < -0.3 is 4.74 Å². The monoisotopic (exact) mass is 405 g/mol. The van der Waals surface area contributed by atoms with Crippen LogP contribution in [0.2, 0.25) is 0 Å². The second kappa shape index (κ2) is 8.01. The van der Waals surface area contributed by atoms with Crippen LogP contribution in [0.15, 0.2) is 53.4 Å². The molecular formula is C21H24FNO4S. The molecule has 0 amide bonds. The molecule has 2 aromatic carbocycles. The van der Waals surface area contributed by atoms with Crippen LogP contribution in [0.3, 0.4) is 0 Å². The number of halogens is 1. The van der Waals surface area contributed by atoms with Gasteiger partial charge in [-0.3, -0.25) is 4.79 Å². The minimum absolute atomic E-state index is 0.0153. The summed E-state index contributed by atoms with van der Waals surface area (Å²) in [5.74, 6) is -0.693. The smallest absolute Gasteiger partial charge is 0.316 e. The molecule has 3 rings (SSSR count). The van der Waals surface area contributed by atoms with Gasteiger partial charge in [-0.1, -0.05) is 37.1 Å². The number of hydrogen-bond acceptors (Lipinski definition) is 4. The fraction of sp³-hybridized carbons (Fsp3) is 0.381. The van der Waals surface area contributed by atoms with Crippen LogP contribution in [0.4, 0.5) is 4.39 Å². The molecule has 0 heterocycles. The fourth-order valence-electron chi connectivity index (χ4n) is 3.65. The third-order valence-electron chi connectivity index (χ3n) is 5.29. The summed E-state index contributed by atoms with van der Waals surface area (Å²) in [6, 6.07) is 12.4. The summed E-state index contributed by atoms with van der Waals surface area (Å²) in [6.07, 6.45) is 3.13. The van der Waals surface area contributed by atoms with E-state index < -0.39 is 15.4 Å².